The van der Waals surface area contributed by atoms with Gasteiger partial charge in [-0.3, -0.25) is 14.8 Å². The van der Waals surface area contributed by atoms with Crippen LogP contribution in [0, 0.1) is 0 Å². The standard InChI is InChI=1S/C8H10N6O/c9-8-12-6-5(7(15)13-8)14-3-10-1-4(14)2-11-6/h3-4H,1-2H2,(H4,9,11,12,13,15). The van der Waals surface area contributed by atoms with Crippen molar-refractivity contribution < 1.29 is 0 Å². The molecule has 0 amide bonds. The summed E-state index contributed by atoms with van der Waals surface area (Å²) in [5, 5.41) is 3.08. The lowest BCUT2D eigenvalue weighted by Crippen LogP contribution is -2.44. The lowest BCUT2D eigenvalue weighted by atomic mass is 10.2. The van der Waals surface area contributed by atoms with Crippen LogP contribution in [-0.2, 0) is 0 Å². The van der Waals surface area contributed by atoms with Crippen molar-refractivity contribution in [2.45, 2.75) is 6.04 Å². The third kappa shape index (κ3) is 1.09. The minimum absolute atomic E-state index is 0.126. The van der Waals surface area contributed by atoms with Crippen molar-refractivity contribution in [1.29, 1.82) is 0 Å². The van der Waals surface area contributed by atoms with Crippen molar-refractivity contribution in [2.75, 3.05) is 29.0 Å². The quantitative estimate of drug-likeness (QED) is 0.505. The molecule has 2 aliphatic heterocycles. The Morgan fingerprint density at radius 2 is 2.47 bits per heavy atom. The number of nitrogens with one attached hydrogen (secondary N) is 2. The largest absolute Gasteiger partial charge is 0.369 e. The lowest BCUT2D eigenvalue weighted by molar-refractivity contribution is 0.718. The highest BCUT2D eigenvalue weighted by molar-refractivity contribution is 5.88. The van der Waals surface area contributed by atoms with E-state index < -0.39 is 0 Å². The minimum Gasteiger partial charge on any atom is -0.369 e. The highest BCUT2D eigenvalue weighted by atomic mass is 16.1. The van der Waals surface area contributed by atoms with E-state index in [4.69, 9.17) is 5.73 Å². The number of nitrogens with two attached hydrogens (primary N) is 1. The Kier molecular flexibility index (Phi) is 1.50. The first-order chi connectivity index (χ1) is 7.25. The molecule has 7 heteroatoms. The Labute approximate surface area is 85.0 Å². The van der Waals surface area contributed by atoms with Gasteiger partial charge in [-0.05, 0) is 0 Å². The first-order valence-electron chi connectivity index (χ1n) is 4.67. The summed E-state index contributed by atoms with van der Waals surface area (Å²) >= 11 is 0. The van der Waals surface area contributed by atoms with Crippen LogP contribution in [0.4, 0.5) is 17.5 Å². The van der Waals surface area contributed by atoms with Crippen LogP contribution in [0.1, 0.15) is 0 Å². The number of anilines is 3. The van der Waals surface area contributed by atoms with Crippen molar-refractivity contribution in [3.63, 3.8) is 0 Å². The van der Waals surface area contributed by atoms with Crippen LogP contribution in [0.5, 0.6) is 0 Å². The Morgan fingerprint density at radius 3 is 3.33 bits per heavy atom. The van der Waals surface area contributed by atoms with E-state index in [9.17, 15) is 4.79 Å². The first-order valence-corrected chi connectivity index (χ1v) is 4.67. The lowest BCUT2D eigenvalue weighted by Gasteiger charge is -2.30. The predicted molar refractivity (Wildman–Crippen MR) is 57.4 cm³/mol. The summed E-state index contributed by atoms with van der Waals surface area (Å²) in [6.07, 6.45) is 1.68. The molecule has 1 aromatic rings. The number of aromatic nitrogens is 2. The third-order valence-electron chi connectivity index (χ3n) is 2.59. The fourth-order valence-corrected chi connectivity index (χ4v) is 1.90. The summed E-state index contributed by atoms with van der Waals surface area (Å²) in [7, 11) is 0. The van der Waals surface area contributed by atoms with Gasteiger partial charge in [0.05, 0.1) is 18.9 Å². The molecule has 1 atom stereocenters. The van der Waals surface area contributed by atoms with Crippen molar-refractivity contribution in [2.24, 2.45) is 4.99 Å². The molecule has 0 saturated heterocycles. The van der Waals surface area contributed by atoms with E-state index in [2.05, 4.69) is 20.3 Å². The molecular formula is C8H10N6O. The third-order valence-corrected chi connectivity index (χ3v) is 2.59. The van der Waals surface area contributed by atoms with Gasteiger partial charge in [-0.25, -0.2) is 0 Å². The smallest absolute Gasteiger partial charge is 0.278 e. The number of aromatic amines is 1. The summed E-state index contributed by atoms with van der Waals surface area (Å²) in [5.41, 5.74) is 5.73. The van der Waals surface area contributed by atoms with Gasteiger partial charge in [-0.15, -0.1) is 0 Å². The summed E-state index contributed by atoms with van der Waals surface area (Å²) in [6, 6.07) is 0.212. The molecular weight excluding hydrogens is 196 g/mol. The van der Waals surface area contributed by atoms with Gasteiger partial charge in [0.1, 0.15) is 0 Å². The number of rotatable bonds is 0. The Hall–Kier alpha value is -2.05. The minimum atomic E-state index is -0.233. The van der Waals surface area contributed by atoms with Gasteiger partial charge in [0.2, 0.25) is 5.95 Å². The predicted octanol–water partition coefficient (Wildman–Crippen LogP) is -1.01. The van der Waals surface area contributed by atoms with E-state index in [1.807, 2.05) is 4.90 Å². The molecule has 0 saturated carbocycles. The van der Waals surface area contributed by atoms with E-state index in [1.54, 1.807) is 6.34 Å². The zero-order valence-corrected chi connectivity index (χ0v) is 7.90. The molecule has 7 nitrogen and oxygen atoms in total. The average molecular weight is 206 g/mol. The molecule has 0 spiro atoms. The normalized spacial score (nSPS) is 22.1. The molecule has 3 heterocycles. The highest BCUT2D eigenvalue weighted by Gasteiger charge is 2.31. The van der Waals surface area contributed by atoms with Gasteiger partial charge in [0.15, 0.2) is 11.5 Å². The molecule has 15 heavy (non-hydrogen) atoms. The van der Waals surface area contributed by atoms with Crippen LogP contribution in [0.2, 0.25) is 0 Å². The number of hydrogen-bond acceptors (Lipinski definition) is 6. The van der Waals surface area contributed by atoms with E-state index in [1.165, 1.54) is 0 Å². The van der Waals surface area contributed by atoms with Gasteiger partial charge < -0.3 is 16.0 Å². The molecule has 0 bridgehead atoms. The molecule has 1 aromatic heterocycles. The summed E-state index contributed by atoms with van der Waals surface area (Å²) < 4.78 is 0. The van der Waals surface area contributed by atoms with E-state index >= 15 is 0 Å². The molecule has 0 aliphatic carbocycles. The molecule has 1 unspecified atom stereocenters. The molecule has 0 fully saturated rings. The monoisotopic (exact) mass is 206 g/mol. The van der Waals surface area contributed by atoms with Crippen LogP contribution in [-0.4, -0.2) is 35.4 Å². The molecule has 4 N–H and O–H groups in total. The Balaban J connectivity index is 2.21. The fourth-order valence-electron chi connectivity index (χ4n) is 1.90. The number of hydrogen-bond donors (Lipinski definition) is 3. The number of nitrogen functional groups attached to an aromatic ring is 1. The van der Waals surface area contributed by atoms with Crippen molar-refractivity contribution in [1.82, 2.24) is 9.97 Å². The van der Waals surface area contributed by atoms with Crippen molar-refractivity contribution in [3.8, 4) is 0 Å². The van der Waals surface area contributed by atoms with Crippen LogP contribution in [0.15, 0.2) is 9.79 Å². The second kappa shape index (κ2) is 2.72. The molecule has 0 radical (unpaired) electrons. The van der Waals surface area contributed by atoms with Gasteiger partial charge in [0.25, 0.3) is 5.56 Å². The fraction of sp³-hybridized carbons (Fsp3) is 0.375. The van der Waals surface area contributed by atoms with Crippen LogP contribution in [0.3, 0.4) is 0 Å². The summed E-state index contributed by atoms with van der Waals surface area (Å²) in [5.74, 6) is 0.654. The summed E-state index contributed by atoms with van der Waals surface area (Å²) in [4.78, 5) is 24.2. The van der Waals surface area contributed by atoms with Crippen molar-refractivity contribution in [3.05, 3.63) is 10.4 Å². The van der Waals surface area contributed by atoms with Crippen LogP contribution in [0.25, 0.3) is 0 Å². The van der Waals surface area contributed by atoms with Gasteiger partial charge in [-0.2, -0.15) is 4.98 Å². The van der Waals surface area contributed by atoms with E-state index in [0.717, 1.165) is 6.54 Å². The number of nitrogens with zero attached hydrogens (tertiary/aromatic N) is 3. The maximum atomic E-state index is 11.7. The SMILES string of the molecule is Nc1nc2c(c(=O)[nH]1)N1C=NCC1CN2. The van der Waals surface area contributed by atoms with Crippen LogP contribution >= 0.6 is 0 Å². The second-order valence-corrected chi connectivity index (χ2v) is 3.57. The van der Waals surface area contributed by atoms with Crippen LogP contribution < -0.4 is 21.5 Å². The number of fused-ring (bicyclic) bond motifs is 3. The zero-order valence-electron chi connectivity index (χ0n) is 7.90. The van der Waals surface area contributed by atoms with E-state index in [-0.39, 0.29) is 17.5 Å². The topological polar surface area (TPSA) is 99.4 Å². The van der Waals surface area contributed by atoms with Crippen molar-refractivity contribution >= 4 is 23.8 Å². The molecule has 0 aromatic carbocycles. The Bertz CT molecular complexity index is 492. The zero-order chi connectivity index (χ0) is 10.4. The Morgan fingerprint density at radius 1 is 1.60 bits per heavy atom. The average Bonchev–Trinajstić information content (AvgIpc) is 2.63. The molecule has 3 rings (SSSR count). The molecule has 2 aliphatic rings. The van der Waals surface area contributed by atoms with Gasteiger partial charge in [0, 0.05) is 6.54 Å². The van der Waals surface area contributed by atoms with Gasteiger partial charge >= 0.3 is 0 Å². The summed E-state index contributed by atoms with van der Waals surface area (Å²) in [6.45, 7) is 1.43. The number of aliphatic imine (C=N–C) groups is 1. The van der Waals surface area contributed by atoms with Gasteiger partial charge in [-0.1, -0.05) is 0 Å². The highest BCUT2D eigenvalue weighted by Crippen LogP contribution is 2.26. The molecule has 78 valence electrons. The maximum Gasteiger partial charge on any atom is 0.278 e. The van der Waals surface area contributed by atoms with E-state index in [0.29, 0.717) is 18.1 Å². The maximum absolute atomic E-state index is 11.7. The number of H-pyrrole nitrogens is 1. The second-order valence-electron chi connectivity index (χ2n) is 3.57. The first kappa shape index (κ1) is 8.27.